The van der Waals surface area contributed by atoms with E-state index in [-0.39, 0.29) is 0 Å². The number of hydrogen-bond donors (Lipinski definition) is 1. The van der Waals surface area contributed by atoms with Gasteiger partial charge in [-0.1, -0.05) is 25.8 Å². The SMILES string of the molecule is C=CCC1CCCCC1CNCC. The monoisotopic (exact) mass is 181 g/mol. The van der Waals surface area contributed by atoms with Crippen LogP contribution < -0.4 is 5.32 Å². The molecule has 0 aromatic carbocycles. The minimum Gasteiger partial charge on any atom is -0.317 e. The van der Waals surface area contributed by atoms with E-state index in [0.717, 1.165) is 18.4 Å². The molecule has 76 valence electrons. The second-order valence-corrected chi connectivity index (χ2v) is 4.14. The van der Waals surface area contributed by atoms with Crippen molar-refractivity contribution in [3.63, 3.8) is 0 Å². The van der Waals surface area contributed by atoms with Crippen LogP contribution in [0.5, 0.6) is 0 Å². The van der Waals surface area contributed by atoms with Crippen LogP contribution in [0.4, 0.5) is 0 Å². The Morgan fingerprint density at radius 2 is 2.00 bits per heavy atom. The summed E-state index contributed by atoms with van der Waals surface area (Å²) in [5.74, 6) is 1.82. The molecule has 0 aromatic heterocycles. The third kappa shape index (κ3) is 3.51. The van der Waals surface area contributed by atoms with Crippen LogP contribution in [0.1, 0.15) is 39.0 Å². The van der Waals surface area contributed by atoms with Crippen molar-refractivity contribution in [1.82, 2.24) is 5.32 Å². The van der Waals surface area contributed by atoms with Crippen LogP contribution in [-0.4, -0.2) is 13.1 Å². The van der Waals surface area contributed by atoms with Gasteiger partial charge in [0.25, 0.3) is 0 Å². The number of rotatable bonds is 5. The summed E-state index contributed by atoms with van der Waals surface area (Å²) in [4.78, 5) is 0. The molecule has 2 atom stereocenters. The van der Waals surface area contributed by atoms with E-state index < -0.39 is 0 Å². The maximum atomic E-state index is 3.85. The molecular formula is C12H23N. The zero-order valence-electron chi connectivity index (χ0n) is 8.89. The third-order valence-electron chi connectivity index (χ3n) is 3.19. The Hall–Kier alpha value is -0.300. The third-order valence-corrected chi connectivity index (χ3v) is 3.19. The van der Waals surface area contributed by atoms with E-state index in [1.807, 2.05) is 0 Å². The molecule has 0 heterocycles. The number of hydrogen-bond acceptors (Lipinski definition) is 1. The van der Waals surface area contributed by atoms with E-state index in [1.165, 1.54) is 38.6 Å². The lowest BCUT2D eigenvalue weighted by molar-refractivity contribution is 0.233. The van der Waals surface area contributed by atoms with Crippen LogP contribution >= 0.6 is 0 Å². The van der Waals surface area contributed by atoms with E-state index in [9.17, 15) is 0 Å². The van der Waals surface area contributed by atoms with Gasteiger partial charge in [0.2, 0.25) is 0 Å². The highest BCUT2D eigenvalue weighted by Crippen LogP contribution is 2.31. The normalized spacial score (nSPS) is 28.7. The number of nitrogens with one attached hydrogen (secondary N) is 1. The summed E-state index contributed by atoms with van der Waals surface area (Å²) in [5.41, 5.74) is 0. The molecule has 0 aromatic rings. The molecule has 0 amide bonds. The predicted octanol–water partition coefficient (Wildman–Crippen LogP) is 2.98. The molecule has 1 rings (SSSR count). The van der Waals surface area contributed by atoms with Crippen LogP contribution in [0.3, 0.4) is 0 Å². The van der Waals surface area contributed by atoms with E-state index >= 15 is 0 Å². The lowest BCUT2D eigenvalue weighted by Gasteiger charge is -2.31. The first kappa shape index (κ1) is 10.8. The van der Waals surface area contributed by atoms with Gasteiger partial charge < -0.3 is 5.32 Å². The molecule has 0 radical (unpaired) electrons. The zero-order valence-corrected chi connectivity index (χ0v) is 8.89. The standard InChI is InChI=1S/C12H23N/c1-3-7-11-8-5-6-9-12(11)10-13-4-2/h3,11-13H,1,4-10H2,2H3. The van der Waals surface area contributed by atoms with Gasteiger partial charge in [0.15, 0.2) is 0 Å². The fourth-order valence-corrected chi connectivity index (χ4v) is 2.41. The van der Waals surface area contributed by atoms with Gasteiger partial charge in [0.05, 0.1) is 0 Å². The van der Waals surface area contributed by atoms with Gasteiger partial charge >= 0.3 is 0 Å². The van der Waals surface area contributed by atoms with E-state index in [4.69, 9.17) is 0 Å². The van der Waals surface area contributed by atoms with Gasteiger partial charge in [-0.15, -0.1) is 6.58 Å². The van der Waals surface area contributed by atoms with E-state index in [0.29, 0.717) is 0 Å². The summed E-state index contributed by atoms with van der Waals surface area (Å²) in [5, 5.41) is 3.47. The maximum Gasteiger partial charge on any atom is -0.00179 e. The first-order chi connectivity index (χ1) is 6.38. The summed E-state index contributed by atoms with van der Waals surface area (Å²) < 4.78 is 0. The fourth-order valence-electron chi connectivity index (χ4n) is 2.41. The molecule has 0 spiro atoms. The molecule has 0 aliphatic heterocycles. The molecule has 1 N–H and O–H groups in total. The Kier molecular flexibility index (Phi) is 5.14. The van der Waals surface area contributed by atoms with E-state index in [1.54, 1.807) is 0 Å². The second-order valence-electron chi connectivity index (χ2n) is 4.14. The average Bonchev–Trinajstić information content (AvgIpc) is 2.17. The lowest BCUT2D eigenvalue weighted by atomic mass is 9.77. The number of allylic oxidation sites excluding steroid dienone is 1. The van der Waals surface area contributed by atoms with E-state index in [2.05, 4.69) is 24.9 Å². The maximum absolute atomic E-state index is 3.85. The second kappa shape index (κ2) is 6.20. The van der Waals surface area contributed by atoms with Crippen molar-refractivity contribution < 1.29 is 0 Å². The fraction of sp³-hybridized carbons (Fsp3) is 0.833. The Morgan fingerprint density at radius 1 is 1.31 bits per heavy atom. The van der Waals surface area contributed by atoms with Crippen LogP contribution in [0, 0.1) is 11.8 Å². The van der Waals surface area contributed by atoms with Crippen LogP contribution in [-0.2, 0) is 0 Å². The molecule has 1 aliphatic carbocycles. The highest BCUT2D eigenvalue weighted by atomic mass is 14.8. The molecule has 13 heavy (non-hydrogen) atoms. The molecule has 0 bridgehead atoms. The topological polar surface area (TPSA) is 12.0 Å². The highest BCUT2D eigenvalue weighted by molar-refractivity contribution is 4.82. The quantitative estimate of drug-likeness (QED) is 0.643. The molecule has 2 unspecified atom stereocenters. The molecule has 1 heteroatoms. The summed E-state index contributed by atoms with van der Waals surface area (Å²) in [7, 11) is 0. The Balaban J connectivity index is 2.32. The lowest BCUT2D eigenvalue weighted by Crippen LogP contribution is -2.30. The summed E-state index contributed by atoms with van der Waals surface area (Å²) in [6, 6.07) is 0. The average molecular weight is 181 g/mol. The zero-order chi connectivity index (χ0) is 9.52. The van der Waals surface area contributed by atoms with Crippen molar-refractivity contribution in [2.75, 3.05) is 13.1 Å². The van der Waals surface area contributed by atoms with Crippen molar-refractivity contribution >= 4 is 0 Å². The van der Waals surface area contributed by atoms with Crippen molar-refractivity contribution in [3.05, 3.63) is 12.7 Å². The predicted molar refractivity (Wildman–Crippen MR) is 58.8 cm³/mol. The van der Waals surface area contributed by atoms with Gasteiger partial charge in [-0.25, -0.2) is 0 Å². The van der Waals surface area contributed by atoms with Crippen molar-refractivity contribution in [3.8, 4) is 0 Å². The van der Waals surface area contributed by atoms with Crippen molar-refractivity contribution in [2.24, 2.45) is 11.8 Å². The van der Waals surface area contributed by atoms with Gasteiger partial charge in [-0.3, -0.25) is 0 Å². The first-order valence-corrected chi connectivity index (χ1v) is 5.70. The first-order valence-electron chi connectivity index (χ1n) is 5.70. The van der Waals surface area contributed by atoms with Crippen LogP contribution in [0.25, 0.3) is 0 Å². The molecule has 1 fully saturated rings. The smallest absolute Gasteiger partial charge is 0.00179 e. The van der Waals surface area contributed by atoms with Gasteiger partial charge in [0.1, 0.15) is 0 Å². The molecular weight excluding hydrogens is 158 g/mol. The molecule has 1 saturated carbocycles. The largest absolute Gasteiger partial charge is 0.317 e. The van der Waals surface area contributed by atoms with Crippen molar-refractivity contribution in [1.29, 1.82) is 0 Å². The summed E-state index contributed by atoms with van der Waals surface area (Å²) in [6.07, 6.45) is 9.02. The minimum atomic E-state index is 0.908. The van der Waals surface area contributed by atoms with Gasteiger partial charge in [-0.05, 0) is 44.2 Å². The Bertz CT molecular complexity index is 142. The summed E-state index contributed by atoms with van der Waals surface area (Å²) >= 11 is 0. The minimum absolute atomic E-state index is 0.908. The molecule has 0 saturated heterocycles. The van der Waals surface area contributed by atoms with Crippen LogP contribution in [0.15, 0.2) is 12.7 Å². The van der Waals surface area contributed by atoms with Gasteiger partial charge in [-0.2, -0.15) is 0 Å². The Morgan fingerprint density at radius 3 is 2.62 bits per heavy atom. The summed E-state index contributed by atoms with van der Waals surface area (Å²) in [6.45, 7) is 8.36. The van der Waals surface area contributed by atoms with Crippen LogP contribution in [0.2, 0.25) is 0 Å². The highest BCUT2D eigenvalue weighted by Gasteiger charge is 2.23. The van der Waals surface area contributed by atoms with Crippen molar-refractivity contribution in [2.45, 2.75) is 39.0 Å². The molecule has 1 aliphatic rings. The molecule has 1 nitrogen and oxygen atoms in total. The Labute approximate surface area is 82.6 Å². The van der Waals surface area contributed by atoms with Gasteiger partial charge in [0, 0.05) is 0 Å².